The molecule has 3 aliphatic rings. The van der Waals surface area contributed by atoms with Gasteiger partial charge in [-0.05, 0) is 26.0 Å². The fourth-order valence-electron chi connectivity index (χ4n) is 2.84. The van der Waals surface area contributed by atoms with Gasteiger partial charge in [0.1, 0.15) is 5.84 Å². The average molecular weight is 361 g/mol. The molecule has 7 nitrogen and oxygen atoms in total. The maximum absolute atomic E-state index is 12.7. The molecule has 2 atom stereocenters. The Balaban J connectivity index is 0.00000192. The number of fused-ring (bicyclic) bond motifs is 1. The van der Waals surface area contributed by atoms with E-state index < -0.39 is 10.0 Å². The lowest BCUT2D eigenvalue weighted by molar-refractivity contribution is -0.130. The average Bonchev–Trinajstić information content (AvgIpc) is 2.48. The van der Waals surface area contributed by atoms with Crippen LogP contribution in [0.5, 0.6) is 0 Å². The molecule has 0 bridgehead atoms. The normalized spacial score (nSPS) is 29.1. The molecule has 1 saturated heterocycles. The van der Waals surface area contributed by atoms with Crippen LogP contribution in [0.1, 0.15) is 13.8 Å². The van der Waals surface area contributed by atoms with E-state index in [1.54, 1.807) is 23.3 Å². The summed E-state index contributed by atoms with van der Waals surface area (Å²) in [5.74, 6) is 0.331. The minimum absolute atomic E-state index is 0. The fourth-order valence-corrected chi connectivity index (χ4v) is 3.81. The Morgan fingerprint density at radius 2 is 2.04 bits per heavy atom. The van der Waals surface area contributed by atoms with Gasteiger partial charge in [-0.1, -0.05) is 0 Å². The Kier molecular flexibility index (Phi) is 5.17. The second kappa shape index (κ2) is 6.62. The minimum atomic E-state index is -3.37. The van der Waals surface area contributed by atoms with Crippen molar-refractivity contribution in [1.82, 2.24) is 15.1 Å². The molecule has 3 heterocycles. The Labute approximate surface area is 142 Å². The highest BCUT2D eigenvalue weighted by Gasteiger charge is 2.31. The van der Waals surface area contributed by atoms with Gasteiger partial charge in [0.15, 0.2) is 0 Å². The fraction of sp³-hybridized carbons (Fsp3) is 0.571. The van der Waals surface area contributed by atoms with Crippen LogP contribution in [0.25, 0.3) is 0 Å². The van der Waals surface area contributed by atoms with Crippen LogP contribution < -0.4 is 5.32 Å². The Morgan fingerprint density at radius 1 is 1.30 bits per heavy atom. The van der Waals surface area contributed by atoms with Crippen molar-refractivity contribution in [2.24, 2.45) is 4.40 Å². The van der Waals surface area contributed by atoms with Crippen LogP contribution in [0.2, 0.25) is 0 Å². The maximum atomic E-state index is 12.7. The zero-order chi connectivity index (χ0) is 15.9. The molecule has 0 aromatic heterocycles. The predicted octanol–water partition coefficient (Wildman–Crippen LogP) is 0.115. The van der Waals surface area contributed by atoms with Crippen molar-refractivity contribution in [2.45, 2.75) is 25.9 Å². The predicted molar refractivity (Wildman–Crippen MR) is 91.0 cm³/mol. The molecule has 0 aromatic carbocycles. The second-order valence-corrected chi connectivity index (χ2v) is 7.58. The second-order valence-electron chi connectivity index (χ2n) is 5.83. The molecule has 0 saturated carbocycles. The molecule has 128 valence electrons. The van der Waals surface area contributed by atoms with Gasteiger partial charge in [0.25, 0.3) is 15.9 Å². The summed E-state index contributed by atoms with van der Waals surface area (Å²) < 4.78 is 26.7. The Morgan fingerprint density at radius 3 is 2.78 bits per heavy atom. The number of rotatable bonds is 1. The molecule has 23 heavy (non-hydrogen) atoms. The number of nitrogens with one attached hydrogen (secondary N) is 1. The van der Waals surface area contributed by atoms with E-state index in [0.717, 1.165) is 6.54 Å². The largest absolute Gasteiger partial charge is 0.333 e. The van der Waals surface area contributed by atoms with Gasteiger partial charge >= 0.3 is 0 Å². The van der Waals surface area contributed by atoms with Crippen molar-refractivity contribution in [1.29, 1.82) is 0 Å². The molecule has 9 heteroatoms. The lowest BCUT2D eigenvalue weighted by atomic mass is 10.0. The van der Waals surface area contributed by atoms with Crippen LogP contribution in [-0.4, -0.2) is 67.4 Å². The van der Waals surface area contributed by atoms with Crippen LogP contribution in [0.4, 0.5) is 0 Å². The van der Waals surface area contributed by atoms with Gasteiger partial charge in [0, 0.05) is 37.9 Å². The Hall–Kier alpha value is -1.38. The van der Waals surface area contributed by atoms with E-state index in [4.69, 9.17) is 0 Å². The maximum Gasteiger partial charge on any atom is 0.256 e. The minimum Gasteiger partial charge on any atom is -0.333 e. The molecule has 1 amide bonds. The highest BCUT2D eigenvalue weighted by atomic mass is 35.5. The lowest BCUT2D eigenvalue weighted by Crippen LogP contribution is -2.57. The van der Waals surface area contributed by atoms with Crippen molar-refractivity contribution in [2.75, 3.05) is 25.4 Å². The van der Waals surface area contributed by atoms with Crippen molar-refractivity contribution in [3.63, 3.8) is 0 Å². The molecule has 3 rings (SSSR count). The first-order valence-electron chi connectivity index (χ1n) is 7.41. The molecule has 1 fully saturated rings. The quantitative estimate of drug-likeness (QED) is 0.718. The number of hydrogen-bond acceptors (Lipinski definition) is 5. The van der Waals surface area contributed by atoms with E-state index in [0.29, 0.717) is 24.5 Å². The lowest BCUT2D eigenvalue weighted by Gasteiger charge is -2.39. The first kappa shape index (κ1) is 18.0. The highest BCUT2D eigenvalue weighted by Crippen LogP contribution is 2.19. The molecule has 2 unspecified atom stereocenters. The number of hydrogen-bond donors (Lipinski definition) is 1. The monoisotopic (exact) mass is 360 g/mol. The summed E-state index contributed by atoms with van der Waals surface area (Å²) in [6.07, 6.45) is 4.95. The first-order valence-corrected chi connectivity index (χ1v) is 9.02. The van der Waals surface area contributed by atoms with Gasteiger partial charge in [0.2, 0.25) is 0 Å². The summed E-state index contributed by atoms with van der Waals surface area (Å²) in [5, 5.41) is 3.35. The van der Waals surface area contributed by atoms with Gasteiger partial charge in [-0.3, -0.25) is 4.79 Å². The van der Waals surface area contributed by atoms with Crippen molar-refractivity contribution in [3.8, 4) is 0 Å². The number of nitrogens with zero attached hydrogens (tertiary/aromatic N) is 3. The van der Waals surface area contributed by atoms with Gasteiger partial charge < -0.3 is 15.1 Å². The number of amides is 1. The van der Waals surface area contributed by atoms with Gasteiger partial charge in [0.05, 0.1) is 11.3 Å². The third kappa shape index (κ3) is 3.59. The smallest absolute Gasteiger partial charge is 0.256 e. The van der Waals surface area contributed by atoms with Crippen LogP contribution >= 0.6 is 12.4 Å². The number of halogens is 1. The first-order chi connectivity index (χ1) is 10.4. The van der Waals surface area contributed by atoms with E-state index in [-0.39, 0.29) is 36.2 Å². The number of sulfonamides is 1. The van der Waals surface area contributed by atoms with Crippen molar-refractivity contribution in [3.05, 3.63) is 23.9 Å². The van der Waals surface area contributed by atoms with Crippen LogP contribution in [0, 0.1) is 0 Å². The number of amidine groups is 1. The molecule has 0 spiro atoms. The highest BCUT2D eigenvalue weighted by molar-refractivity contribution is 7.90. The van der Waals surface area contributed by atoms with Gasteiger partial charge in [-0.25, -0.2) is 8.42 Å². The zero-order valence-electron chi connectivity index (χ0n) is 13.1. The molecular weight excluding hydrogens is 340 g/mol. The zero-order valence-corrected chi connectivity index (χ0v) is 14.7. The van der Waals surface area contributed by atoms with E-state index >= 15 is 0 Å². The van der Waals surface area contributed by atoms with Gasteiger partial charge in [-0.2, -0.15) is 0 Å². The van der Waals surface area contributed by atoms with E-state index in [1.807, 2.05) is 11.8 Å². The summed E-state index contributed by atoms with van der Waals surface area (Å²) >= 11 is 0. The van der Waals surface area contributed by atoms with Crippen molar-refractivity contribution >= 4 is 34.2 Å². The SMILES string of the molecule is CC1NCCN(C(=O)C2=CN3CCS(=O)(=O)N=C3C=C2)C1C.Cl. The van der Waals surface area contributed by atoms with E-state index in [2.05, 4.69) is 16.6 Å². The summed E-state index contributed by atoms with van der Waals surface area (Å²) in [7, 11) is -3.37. The summed E-state index contributed by atoms with van der Waals surface area (Å²) in [6, 6.07) is 0.371. The third-order valence-electron chi connectivity index (χ3n) is 4.37. The summed E-state index contributed by atoms with van der Waals surface area (Å²) in [4.78, 5) is 16.3. The number of carbonyl (C=O) groups excluding carboxylic acids is 1. The summed E-state index contributed by atoms with van der Waals surface area (Å²) in [5.41, 5.74) is 0.569. The standard InChI is InChI=1S/C14H20N4O3S.ClH/c1-10-11(2)18(6-5-15-10)14(19)12-3-4-13-16-22(20,21)8-7-17(13)9-12;/h3-4,9-11,15H,5-8H2,1-2H3;1H. The molecule has 0 aromatic rings. The molecule has 0 radical (unpaired) electrons. The Bertz CT molecular complexity index is 686. The number of piperazine rings is 1. The third-order valence-corrected chi connectivity index (χ3v) is 5.53. The number of carbonyl (C=O) groups is 1. The van der Waals surface area contributed by atoms with Crippen molar-refractivity contribution < 1.29 is 13.2 Å². The van der Waals surface area contributed by atoms with Crippen LogP contribution in [-0.2, 0) is 14.8 Å². The van der Waals surface area contributed by atoms with Crippen LogP contribution in [0.15, 0.2) is 28.3 Å². The molecule has 1 N–H and O–H groups in total. The molecule has 0 aliphatic carbocycles. The van der Waals surface area contributed by atoms with Gasteiger partial charge in [-0.15, -0.1) is 16.8 Å². The summed E-state index contributed by atoms with van der Waals surface area (Å²) in [6.45, 7) is 5.88. The molecular formula is C14H21ClN4O3S. The van der Waals surface area contributed by atoms with E-state index in [1.165, 1.54) is 0 Å². The van der Waals surface area contributed by atoms with Crippen LogP contribution in [0.3, 0.4) is 0 Å². The van der Waals surface area contributed by atoms with E-state index in [9.17, 15) is 13.2 Å². The topological polar surface area (TPSA) is 82.1 Å². The molecule has 3 aliphatic heterocycles.